The van der Waals surface area contributed by atoms with E-state index in [4.69, 9.17) is 10.2 Å². The van der Waals surface area contributed by atoms with E-state index in [0.29, 0.717) is 13.0 Å². The van der Waals surface area contributed by atoms with Crippen molar-refractivity contribution in [2.75, 3.05) is 19.7 Å². The topological polar surface area (TPSA) is 89.9 Å². The average molecular weight is 230 g/mol. The van der Waals surface area contributed by atoms with Gasteiger partial charge >= 0.3 is 12.0 Å². The molecule has 0 saturated carbocycles. The molecule has 1 rings (SSSR count). The molecule has 1 atom stereocenters. The Labute approximate surface area is 94.2 Å². The van der Waals surface area contributed by atoms with Crippen LogP contribution in [0.2, 0.25) is 0 Å². The van der Waals surface area contributed by atoms with E-state index in [1.807, 2.05) is 0 Å². The number of aliphatic hydroxyl groups is 1. The zero-order valence-electron chi connectivity index (χ0n) is 9.19. The molecule has 0 spiro atoms. The Morgan fingerprint density at radius 3 is 2.81 bits per heavy atom. The maximum absolute atomic E-state index is 11.6. The molecule has 6 heteroatoms. The van der Waals surface area contributed by atoms with Gasteiger partial charge in [-0.15, -0.1) is 0 Å². The number of hydrogen-bond acceptors (Lipinski definition) is 3. The number of amides is 2. The number of carbonyl (C=O) groups excluding carboxylic acids is 1. The lowest BCUT2D eigenvalue weighted by Gasteiger charge is -2.24. The first-order valence-electron chi connectivity index (χ1n) is 5.52. The van der Waals surface area contributed by atoms with Crippen molar-refractivity contribution in [2.24, 2.45) is 0 Å². The molecule has 1 fully saturated rings. The van der Waals surface area contributed by atoms with Crippen LogP contribution in [0.1, 0.15) is 25.7 Å². The third-order valence-corrected chi connectivity index (χ3v) is 2.72. The molecular weight excluding hydrogens is 212 g/mol. The summed E-state index contributed by atoms with van der Waals surface area (Å²) in [5.74, 6) is -1.04. The van der Waals surface area contributed by atoms with Crippen LogP contribution < -0.4 is 5.32 Å². The average Bonchev–Trinajstić information content (AvgIpc) is 2.71. The van der Waals surface area contributed by atoms with Gasteiger partial charge in [0.25, 0.3) is 0 Å². The van der Waals surface area contributed by atoms with Crippen LogP contribution in [0.15, 0.2) is 0 Å². The van der Waals surface area contributed by atoms with E-state index in [0.717, 1.165) is 19.3 Å². The molecule has 0 bridgehead atoms. The summed E-state index contributed by atoms with van der Waals surface area (Å²) >= 11 is 0. The predicted octanol–water partition coefficient (Wildman–Crippen LogP) is 0.0175. The Bertz CT molecular complexity index is 257. The predicted molar refractivity (Wildman–Crippen MR) is 57.1 cm³/mol. The zero-order chi connectivity index (χ0) is 12.0. The minimum Gasteiger partial charge on any atom is -0.480 e. The fraction of sp³-hybridized carbons (Fsp3) is 0.800. The van der Waals surface area contributed by atoms with E-state index >= 15 is 0 Å². The van der Waals surface area contributed by atoms with Gasteiger partial charge in [0.05, 0.1) is 0 Å². The number of likely N-dealkylation sites (tertiary alicyclic amines) is 1. The first-order valence-corrected chi connectivity index (χ1v) is 5.52. The van der Waals surface area contributed by atoms with Gasteiger partial charge in [-0.25, -0.2) is 4.79 Å². The van der Waals surface area contributed by atoms with E-state index in [1.54, 1.807) is 4.90 Å². The van der Waals surface area contributed by atoms with Crippen molar-refractivity contribution in [1.82, 2.24) is 10.2 Å². The molecule has 6 nitrogen and oxygen atoms in total. The SMILES string of the molecule is O=C(O)CNC(=O)N1CCCC1CCCO. The Morgan fingerprint density at radius 2 is 2.19 bits per heavy atom. The monoisotopic (exact) mass is 230 g/mol. The zero-order valence-corrected chi connectivity index (χ0v) is 9.19. The molecule has 0 aromatic carbocycles. The number of aliphatic hydroxyl groups excluding tert-OH is 1. The van der Waals surface area contributed by atoms with Crippen molar-refractivity contribution in [1.29, 1.82) is 0 Å². The lowest BCUT2D eigenvalue weighted by Crippen LogP contribution is -2.44. The third-order valence-electron chi connectivity index (χ3n) is 2.72. The highest BCUT2D eigenvalue weighted by Gasteiger charge is 2.28. The van der Waals surface area contributed by atoms with Crippen molar-refractivity contribution in [3.63, 3.8) is 0 Å². The molecule has 1 aliphatic rings. The summed E-state index contributed by atoms with van der Waals surface area (Å²) in [5, 5.41) is 19.5. The van der Waals surface area contributed by atoms with Gasteiger partial charge in [-0.1, -0.05) is 0 Å². The number of rotatable bonds is 5. The first kappa shape index (κ1) is 12.8. The molecule has 1 aliphatic heterocycles. The Balaban J connectivity index is 2.37. The second-order valence-corrected chi connectivity index (χ2v) is 3.91. The standard InChI is InChI=1S/C10H18N2O4/c13-6-2-4-8-3-1-5-12(8)10(16)11-7-9(14)15/h8,13H,1-7H2,(H,11,16)(H,14,15). The van der Waals surface area contributed by atoms with Gasteiger partial charge in [-0.05, 0) is 25.7 Å². The first-order chi connectivity index (χ1) is 7.65. The maximum Gasteiger partial charge on any atom is 0.323 e. The fourth-order valence-corrected chi connectivity index (χ4v) is 1.98. The van der Waals surface area contributed by atoms with E-state index in [2.05, 4.69) is 5.32 Å². The van der Waals surface area contributed by atoms with Gasteiger partial charge in [0.1, 0.15) is 6.54 Å². The fourth-order valence-electron chi connectivity index (χ4n) is 1.98. The molecule has 0 radical (unpaired) electrons. The number of carboxylic acid groups (broad SMARTS) is 1. The highest BCUT2D eigenvalue weighted by molar-refractivity contribution is 5.80. The molecule has 0 aromatic heterocycles. The van der Waals surface area contributed by atoms with Crippen molar-refractivity contribution in [2.45, 2.75) is 31.7 Å². The number of nitrogens with one attached hydrogen (secondary N) is 1. The van der Waals surface area contributed by atoms with Gasteiger partial charge in [0.2, 0.25) is 0 Å². The Hall–Kier alpha value is -1.30. The van der Waals surface area contributed by atoms with Gasteiger partial charge < -0.3 is 20.4 Å². The van der Waals surface area contributed by atoms with Gasteiger partial charge in [-0.3, -0.25) is 4.79 Å². The van der Waals surface area contributed by atoms with Gasteiger partial charge in [0, 0.05) is 19.2 Å². The van der Waals surface area contributed by atoms with Crippen LogP contribution in [0.25, 0.3) is 0 Å². The van der Waals surface area contributed by atoms with Crippen LogP contribution in [0.5, 0.6) is 0 Å². The number of nitrogens with zero attached hydrogens (tertiary/aromatic N) is 1. The summed E-state index contributed by atoms with van der Waals surface area (Å²) in [6.07, 6.45) is 3.32. The van der Waals surface area contributed by atoms with Gasteiger partial charge in [0.15, 0.2) is 0 Å². The lowest BCUT2D eigenvalue weighted by atomic mass is 10.1. The van der Waals surface area contributed by atoms with E-state index in [1.165, 1.54) is 0 Å². The highest BCUT2D eigenvalue weighted by Crippen LogP contribution is 2.20. The van der Waals surface area contributed by atoms with Crippen molar-refractivity contribution in [3.8, 4) is 0 Å². The third kappa shape index (κ3) is 3.69. The van der Waals surface area contributed by atoms with Crippen molar-refractivity contribution >= 4 is 12.0 Å². The Kier molecular flexibility index (Phi) is 5.04. The molecule has 2 amide bonds. The quantitative estimate of drug-likeness (QED) is 0.621. The molecule has 1 saturated heterocycles. The van der Waals surface area contributed by atoms with Crippen molar-refractivity contribution < 1.29 is 19.8 Å². The van der Waals surface area contributed by atoms with Gasteiger partial charge in [-0.2, -0.15) is 0 Å². The maximum atomic E-state index is 11.6. The molecule has 16 heavy (non-hydrogen) atoms. The minimum absolute atomic E-state index is 0.126. The minimum atomic E-state index is -1.04. The van der Waals surface area contributed by atoms with Crippen LogP contribution in [0.4, 0.5) is 4.79 Å². The Morgan fingerprint density at radius 1 is 1.44 bits per heavy atom. The summed E-state index contributed by atoms with van der Waals surface area (Å²) in [6.45, 7) is 0.449. The van der Waals surface area contributed by atoms with E-state index < -0.39 is 5.97 Å². The number of carboxylic acids is 1. The van der Waals surface area contributed by atoms with Crippen molar-refractivity contribution in [3.05, 3.63) is 0 Å². The van der Waals surface area contributed by atoms with E-state index in [9.17, 15) is 9.59 Å². The van der Waals surface area contributed by atoms with Crippen LogP contribution in [-0.4, -0.2) is 52.9 Å². The smallest absolute Gasteiger partial charge is 0.323 e. The second-order valence-electron chi connectivity index (χ2n) is 3.91. The molecule has 0 aromatic rings. The summed E-state index contributed by atoms with van der Waals surface area (Å²) in [6, 6.07) is -0.177. The summed E-state index contributed by atoms with van der Waals surface area (Å²) < 4.78 is 0. The highest BCUT2D eigenvalue weighted by atomic mass is 16.4. The second kappa shape index (κ2) is 6.32. The van der Waals surface area contributed by atoms with Crippen LogP contribution in [-0.2, 0) is 4.79 Å². The molecule has 1 heterocycles. The number of carbonyl (C=O) groups is 2. The molecule has 92 valence electrons. The summed E-state index contributed by atoms with van der Waals surface area (Å²) in [4.78, 5) is 23.6. The van der Waals surface area contributed by atoms with E-state index in [-0.39, 0.29) is 25.2 Å². The van der Waals surface area contributed by atoms with Crippen LogP contribution in [0, 0.1) is 0 Å². The molecule has 0 aliphatic carbocycles. The molecule has 1 unspecified atom stereocenters. The largest absolute Gasteiger partial charge is 0.480 e. The summed E-state index contributed by atoms with van der Waals surface area (Å²) in [7, 11) is 0. The van der Waals surface area contributed by atoms with Crippen LogP contribution in [0.3, 0.4) is 0 Å². The number of hydrogen-bond donors (Lipinski definition) is 3. The normalized spacial score (nSPS) is 19.8. The lowest BCUT2D eigenvalue weighted by molar-refractivity contribution is -0.135. The molecular formula is C10H18N2O4. The summed E-state index contributed by atoms with van der Waals surface area (Å²) in [5.41, 5.74) is 0. The molecule has 3 N–H and O–H groups in total. The van der Waals surface area contributed by atoms with Crippen LogP contribution >= 0.6 is 0 Å². The number of urea groups is 1. The number of aliphatic carboxylic acids is 1.